The molecule has 0 saturated heterocycles. The van der Waals surface area contributed by atoms with Gasteiger partial charge in [0.2, 0.25) is 0 Å². The molecule has 0 spiro atoms. The van der Waals surface area contributed by atoms with E-state index in [-0.39, 0.29) is 0 Å². The topological polar surface area (TPSA) is 56.8 Å². The number of nitrogens with zero attached hydrogens (tertiary/aromatic N) is 1. The van der Waals surface area contributed by atoms with E-state index in [1.54, 1.807) is 20.4 Å². The summed E-state index contributed by atoms with van der Waals surface area (Å²) >= 11 is 0. The lowest BCUT2D eigenvalue weighted by Gasteiger charge is -2.14. The summed E-state index contributed by atoms with van der Waals surface area (Å²) in [4.78, 5) is 3.96. The van der Waals surface area contributed by atoms with Crippen LogP contribution in [0.1, 0.15) is 11.1 Å². The molecule has 0 atom stereocenters. The molecule has 0 fully saturated rings. The Morgan fingerprint density at radius 3 is 2.55 bits per heavy atom. The summed E-state index contributed by atoms with van der Waals surface area (Å²) in [6, 6.07) is 13.7. The fraction of sp³-hybridized carbons (Fsp3) is 0.188. The third kappa shape index (κ3) is 3.09. The molecule has 0 unspecified atom stereocenters. The number of aliphatic imine (C=N–C) groups is 1. The van der Waals surface area contributed by atoms with E-state index in [1.807, 2.05) is 42.5 Å². The van der Waals surface area contributed by atoms with E-state index in [0.29, 0.717) is 23.8 Å². The number of methoxy groups -OCH3 is 1. The van der Waals surface area contributed by atoms with E-state index >= 15 is 0 Å². The second kappa shape index (κ2) is 6.61. The lowest BCUT2D eigenvalue weighted by atomic mass is 10.1. The van der Waals surface area contributed by atoms with Crippen LogP contribution < -0.4 is 15.2 Å². The van der Waals surface area contributed by atoms with Crippen molar-refractivity contribution < 1.29 is 9.47 Å². The van der Waals surface area contributed by atoms with Crippen LogP contribution >= 0.6 is 0 Å². The van der Waals surface area contributed by atoms with Crippen molar-refractivity contribution >= 4 is 11.9 Å². The van der Waals surface area contributed by atoms with Gasteiger partial charge < -0.3 is 15.2 Å². The number of benzene rings is 2. The highest BCUT2D eigenvalue weighted by Crippen LogP contribution is 2.35. The van der Waals surface area contributed by atoms with Crippen molar-refractivity contribution in [3.63, 3.8) is 0 Å². The minimum absolute atomic E-state index is 0.470. The van der Waals surface area contributed by atoms with Crippen LogP contribution in [0.3, 0.4) is 0 Å². The van der Waals surface area contributed by atoms with Crippen LogP contribution in [-0.4, -0.2) is 20.4 Å². The zero-order valence-electron chi connectivity index (χ0n) is 11.7. The second-order valence-corrected chi connectivity index (χ2v) is 4.26. The van der Waals surface area contributed by atoms with Crippen molar-refractivity contribution in [1.29, 1.82) is 0 Å². The van der Waals surface area contributed by atoms with Crippen molar-refractivity contribution in [2.75, 3.05) is 19.9 Å². The summed E-state index contributed by atoms with van der Waals surface area (Å²) in [7, 11) is 3.28. The summed E-state index contributed by atoms with van der Waals surface area (Å²) in [5.41, 5.74) is 8.49. The van der Waals surface area contributed by atoms with Gasteiger partial charge in [-0.2, -0.15) is 0 Å². The van der Waals surface area contributed by atoms with Crippen LogP contribution in [-0.2, 0) is 6.61 Å². The van der Waals surface area contributed by atoms with Crippen molar-refractivity contribution in [2.24, 2.45) is 4.99 Å². The number of hydrogen-bond donors (Lipinski definition) is 1. The molecule has 4 nitrogen and oxygen atoms in total. The molecule has 2 aromatic rings. The molecule has 0 aliphatic carbocycles. The monoisotopic (exact) mass is 270 g/mol. The van der Waals surface area contributed by atoms with E-state index in [0.717, 1.165) is 11.1 Å². The Kier molecular flexibility index (Phi) is 4.60. The Morgan fingerprint density at radius 1 is 1.15 bits per heavy atom. The third-order valence-corrected chi connectivity index (χ3v) is 2.90. The van der Waals surface area contributed by atoms with Gasteiger partial charge >= 0.3 is 0 Å². The minimum atomic E-state index is 0.470. The van der Waals surface area contributed by atoms with Crippen LogP contribution in [0.4, 0.5) is 5.69 Å². The molecule has 104 valence electrons. The molecular weight excluding hydrogens is 252 g/mol. The Hall–Kier alpha value is -2.49. The smallest absolute Gasteiger partial charge is 0.184 e. The molecule has 0 aromatic heterocycles. The molecule has 2 aromatic carbocycles. The normalized spacial score (nSPS) is 10.7. The molecule has 0 saturated carbocycles. The van der Waals surface area contributed by atoms with Gasteiger partial charge in [0.25, 0.3) is 0 Å². The van der Waals surface area contributed by atoms with Gasteiger partial charge in [0.05, 0.1) is 12.8 Å². The number of anilines is 1. The molecule has 2 rings (SSSR count). The van der Waals surface area contributed by atoms with Crippen LogP contribution in [0.25, 0.3) is 0 Å². The van der Waals surface area contributed by atoms with Crippen LogP contribution in [0.2, 0.25) is 0 Å². The lowest BCUT2D eigenvalue weighted by molar-refractivity contribution is 0.285. The maximum atomic E-state index is 6.05. The first-order valence-corrected chi connectivity index (χ1v) is 6.31. The van der Waals surface area contributed by atoms with Gasteiger partial charge in [0.1, 0.15) is 6.61 Å². The van der Waals surface area contributed by atoms with Crippen LogP contribution in [0.15, 0.2) is 47.5 Å². The molecule has 20 heavy (non-hydrogen) atoms. The Labute approximate surface area is 118 Å². The Balaban J connectivity index is 2.21. The first-order chi connectivity index (χ1) is 9.76. The van der Waals surface area contributed by atoms with Crippen molar-refractivity contribution in [3.05, 3.63) is 53.6 Å². The van der Waals surface area contributed by atoms with Gasteiger partial charge in [0.15, 0.2) is 11.5 Å². The number of hydrogen-bond acceptors (Lipinski definition) is 4. The molecule has 0 aliphatic heterocycles. The Bertz CT molecular complexity index is 595. The predicted molar refractivity (Wildman–Crippen MR) is 81.7 cm³/mol. The van der Waals surface area contributed by atoms with Gasteiger partial charge in [0, 0.05) is 18.8 Å². The van der Waals surface area contributed by atoms with E-state index in [1.165, 1.54) is 0 Å². The van der Waals surface area contributed by atoms with Crippen LogP contribution in [0, 0.1) is 0 Å². The van der Waals surface area contributed by atoms with Gasteiger partial charge in [-0.3, -0.25) is 4.99 Å². The highest BCUT2D eigenvalue weighted by Gasteiger charge is 2.11. The predicted octanol–water partition coefficient (Wildman–Crippen LogP) is 2.91. The number of nitrogens with two attached hydrogens (primary N) is 1. The zero-order chi connectivity index (χ0) is 14.4. The average Bonchev–Trinajstić information content (AvgIpc) is 2.49. The summed E-state index contributed by atoms with van der Waals surface area (Å²) in [6.07, 6.45) is 1.69. The largest absolute Gasteiger partial charge is 0.491 e. The molecule has 0 radical (unpaired) electrons. The third-order valence-electron chi connectivity index (χ3n) is 2.90. The maximum absolute atomic E-state index is 6.05. The number of ether oxygens (including phenoxy) is 2. The van der Waals surface area contributed by atoms with E-state index in [4.69, 9.17) is 15.2 Å². The fourth-order valence-electron chi connectivity index (χ4n) is 1.91. The first-order valence-electron chi connectivity index (χ1n) is 6.31. The lowest BCUT2D eigenvalue weighted by Crippen LogP contribution is -2.02. The first kappa shape index (κ1) is 13.9. The fourth-order valence-corrected chi connectivity index (χ4v) is 1.91. The standard InChI is InChI=1S/C16H18N2O2/c1-18-10-13-8-9-14(16(19-2)15(13)17)20-11-12-6-4-3-5-7-12/h3-10H,11,17H2,1-2H3. The van der Waals surface area contributed by atoms with Gasteiger partial charge in [-0.25, -0.2) is 0 Å². The average molecular weight is 270 g/mol. The minimum Gasteiger partial charge on any atom is -0.491 e. The number of rotatable bonds is 5. The molecule has 0 amide bonds. The number of nitrogen functional groups attached to an aromatic ring is 1. The highest BCUT2D eigenvalue weighted by molar-refractivity contribution is 5.90. The van der Waals surface area contributed by atoms with Crippen molar-refractivity contribution in [2.45, 2.75) is 6.61 Å². The molecule has 0 bridgehead atoms. The SMILES string of the molecule is CN=Cc1ccc(OCc2ccccc2)c(OC)c1N. The molecule has 0 heterocycles. The zero-order valence-corrected chi connectivity index (χ0v) is 11.7. The second-order valence-electron chi connectivity index (χ2n) is 4.26. The molecular formula is C16H18N2O2. The van der Waals surface area contributed by atoms with E-state index < -0.39 is 0 Å². The summed E-state index contributed by atoms with van der Waals surface area (Å²) in [5, 5.41) is 0. The summed E-state index contributed by atoms with van der Waals surface area (Å²) < 4.78 is 11.1. The quantitative estimate of drug-likeness (QED) is 0.671. The van der Waals surface area contributed by atoms with Gasteiger partial charge in [-0.15, -0.1) is 0 Å². The van der Waals surface area contributed by atoms with Crippen molar-refractivity contribution in [1.82, 2.24) is 0 Å². The maximum Gasteiger partial charge on any atom is 0.184 e. The molecule has 2 N–H and O–H groups in total. The van der Waals surface area contributed by atoms with E-state index in [9.17, 15) is 0 Å². The van der Waals surface area contributed by atoms with Crippen LogP contribution in [0.5, 0.6) is 11.5 Å². The highest BCUT2D eigenvalue weighted by atomic mass is 16.5. The summed E-state index contributed by atoms with van der Waals surface area (Å²) in [6.45, 7) is 0.470. The van der Waals surface area contributed by atoms with E-state index in [2.05, 4.69) is 4.99 Å². The van der Waals surface area contributed by atoms with Gasteiger partial charge in [-0.1, -0.05) is 30.3 Å². The summed E-state index contributed by atoms with van der Waals surface area (Å²) in [5.74, 6) is 1.17. The Morgan fingerprint density at radius 2 is 1.90 bits per heavy atom. The van der Waals surface area contributed by atoms with Gasteiger partial charge in [-0.05, 0) is 17.7 Å². The molecule has 4 heteroatoms. The van der Waals surface area contributed by atoms with Crippen molar-refractivity contribution in [3.8, 4) is 11.5 Å². The molecule has 0 aliphatic rings.